The number of nitrogen functional groups attached to an aromatic ring is 1. The number of hydrogen-bond acceptors (Lipinski definition) is 7. The van der Waals surface area contributed by atoms with Crippen LogP contribution in [0.3, 0.4) is 0 Å². The van der Waals surface area contributed by atoms with E-state index in [1.165, 1.54) is 11.3 Å². The molecule has 0 unspecified atom stereocenters. The zero-order valence-corrected chi connectivity index (χ0v) is 11.9. The number of methoxy groups -OCH3 is 1. The number of anilines is 3. The Hall–Kier alpha value is -2.85. The molecule has 3 rings (SSSR count). The summed E-state index contributed by atoms with van der Waals surface area (Å²) in [6, 6.07) is 9.28. The summed E-state index contributed by atoms with van der Waals surface area (Å²) >= 11 is 1.48. The summed E-state index contributed by atoms with van der Waals surface area (Å²) in [5.74, 6) is 1.30. The van der Waals surface area contributed by atoms with Gasteiger partial charge in [-0.25, -0.2) is 4.98 Å². The summed E-state index contributed by atoms with van der Waals surface area (Å²) in [6.07, 6.45) is 0. The third-order valence-electron chi connectivity index (χ3n) is 2.95. The molecular formula is C14H11N5OS. The Morgan fingerprint density at radius 2 is 2.19 bits per heavy atom. The maximum atomic E-state index is 9.24. The van der Waals surface area contributed by atoms with Crippen LogP contribution in [0.4, 0.5) is 17.5 Å². The first-order valence-corrected chi connectivity index (χ1v) is 6.95. The molecule has 3 aromatic rings. The molecule has 3 N–H and O–H groups in total. The molecule has 0 fully saturated rings. The average molecular weight is 297 g/mol. The molecular weight excluding hydrogens is 286 g/mol. The van der Waals surface area contributed by atoms with Gasteiger partial charge in [-0.05, 0) is 23.6 Å². The fourth-order valence-corrected chi connectivity index (χ4v) is 2.78. The van der Waals surface area contributed by atoms with Crippen molar-refractivity contribution in [2.45, 2.75) is 0 Å². The smallest absolute Gasteiger partial charge is 0.223 e. The third-order valence-corrected chi connectivity index (χ3v) is 3.76. The fourth-order valence-electron chi connectivity index (χ4n) is 2.01. The standard InChI is InChI=1S/C14H11N5OS/c1-20-10-4-2-3-8(7-15)11(10)17-12-9-5-6-21-13(9)19-14(16)18-12/h2-6H,1H3,(H3,16,17,18,19). The Labute approximate surface area is 124 Å². The van der Waals surface area contributed by atoms with E-state index in [9.17, 15) is 5.26 Å². The van der Waals surface area contributed by atoms with Crippen LogP contribution in [0.15, 0.2) is 29.6 Å². The molecule has 1 aromatic carbocycles. The van der Waals surface area contributed by atoms with Crippen molar-refractivity contribution in [1.82, 2.24) is 9.97 Å². The second-order valence-corrected chi connectivity index (χ2v) is 5.08. The Bertz CT molecular complexity index is 852. The summed E-state index contributed by atoms with van der Waals surface area (Å²) < 4.78 is 5.30. The van der Waals surface area contributed by atoms with E-state index in [1.807, 2.05) is 11.4 Å². The van der Waals surface area contributed by atoms with Crippen molar-refractivity contribution in [2.24, 2.45) is 0 Å². The number of fused-ring (bicyclic) bond motifs is 1. The lowest BCUT2D eigenvalue weighted by molar-refractivity contribution is 0.416. The van der Waals surface area contributed by atoms with Crippen LogP contribution in [0, 0.1) is 11.3 Å². The molecule has 6 nitrogen and oxygen atoms in total. The number of nitrogens with one attached hydrogen (secondary N) is 1. The molecule has 0 aliphatic heterocycles. The number of ether oxygens (including phenoxy) is 1. The predicted octanol–water partition coefficient (Wildman–Crippen LogP) is 2.90. The molecule has 0 amide bonds. The first kappa shape index (κ1) is 13.1. The lowest BCUT2D eigenvalue weighted by atomic mass is 10.1. The second-order valence-electron chi connectivity index (χ2n) is 4.19. The predicted molar refractivity (Wildman–Crippen MR) is 82.8 cm³/mol. The van der Waals surface area contributed by atoms with E-state index in [2.05, 4.69) is 21.4 Å². The van der Waals surface area contributed by atoms with Crippen molar-refractivity contribution in [3.8, 4) is 11.8 Å². The quantitative estimate of drug-likeness (QED) is 0.771. The minimum atomic E-state index is 0.181. The number of rotatable bonds is 3. The number of hydrogen-bond donors (Lipinski definition) is 2. The van der Waals surface area contributed by atoms with Gasteiger partial charge in [0.1, 0.15) is 28.2 Å². The number of aromatic nitrogens is 2. The summed E-state index contributed by atoms with van der Waals surface area (Å²) in [6.45, 7) is 0. The van der Waals surface area contributed by atoms with Gasteiger partial charge in [0, 0.05) is 0 Å². The highest BCUT2D eigenvalue weighted by molar-refractivity contribution is 7.16. The summed E-state index contributed by atoms with van der Waals surface area (Å²) in [5.41, 5.74) is 6.76. The zero-order chi connectivity index (χ0) is 14.8. The highest BCUT2D eigenvalue weighted by Gasteiger charge is 2.13. The molecule has 0 spiro atoms. The summed E-state index contributed by atoms with van der Waals surface area (Å²) in [5, 5.41) is 15.1. The van der Waals surface area contributed by atoms with E-state index >= 15 is 0 Å². The lowest BCUT2D eigenvalue weighted by Crippen LogP contribution is -2.02. The van der Waals surface area contributed by atoms with Crippen molar-refractivity contribution in [3.63, 3.8) is 0 Å². The van der Waals surface area contributed by atoms with Gasteiger partial charge < -0.3 is 15.8 Å². The number of thiophene rings is 1. The van der Waals surface area contributed by atoms with E-state index < -0.39 is 0 Å². The van der Waals surface area contributed by atoms with Gasteiger partial charge in [0.25, 0.3) is 0 Å². The number of para-hydroxylation sites is 1. The second kappa shape index (κ2) is 5.26. The average Bonchev–Trinajstić information content (AvgIpc) is 2.95. The van der Waals surface area contributed by atoms with E-state index in [1.54, 1.807) is 25.3 Å². The van der Waals surface area contributed by atoms with E-state index in [4.69, 9.17) is 10.5 Å². The summed E-state index contributed by atoms with van der Waals surface area (Å²) in [4.78, 5) is 9.18. The highest BCUT2D eigenvalue weighted by atomic mass is 32.1. The van der Waals surface area contributed by atoms with Gasteiger partial charge in [-0.15, -0.1) is 11.3 Å². The van der Waals surface area contributed by atoms with Crippen molar-refractivity contribution < 1.29 is 4.74 Å². The Morgan fingerprint density at radius 3 is 2.95 bits per heavy atom. The molecule has 7 heteroatoms. The van der Waals surface area contributed by atoms with Crippen molar-refractivity contribution in [2.75, 3.05) is 18.2 Å². The zero-order valence-electron chi connectivity index (χ0n) is 11.1. The number of nitrogens with two attached hydrogens (primary N) is 1. The van der Waals surface area contributed by atoms with Crippen molar-refractivity contribution >= 4 is 39.0 Å². The van der Waals surface area contributed by atoms with Gasteiger partial charge in [-0.3, -0.25) is 0 Å². The van der Waals surface area contributed by atoms with Crippen LogP contribution >= 0.6 is 11.3 Å². The van der Waals surface area contributed by atoms with Gasteiger partial charge in [0.05, 0.1) is 18.1 Å². The van der Waals surface area contributed by atoms with Gasteiger partial charge in [-0.1, -0.05) is 6.07 Å². The molecule has 0 atom stereocenters. The lowest BCUT2D eigenvalue weighted by Gasteiger charge is -2.12. The monoisotopic (exact) mass is 297 g/mol. The van der Waals surface area contributed by atoms with Crippen LogP contribution in [-0.4, -0.2) is 17.1 Å². The van der Waals surface area contributed by atoms with Gasteiger partial charge in [0.2, 0.25) is 5.95 Å². The van der Waals surface area contributed by atoms with Crippen LogP contribution in [0.1, 0.15) is 5.56 Å². The van der Waals surface area contributed by atoms with Crippen LogP contribution in [-0.2, 0) is 0 Å². The largest absolute Gasteiger partial charge is 0.495 e. The maximum Gasteiger partial charge on any atom is 0.223 e. The van der Waals surface area contributed by atoms with Gasteiger partial charge in [-0.2, -0.15) is 10.2 Å². The molecule has 0 radical (unpaired) electrons. The van der Waals surface area contributed by atoms with Crippen LogP contribution in [0.2, 0.25) is 0 Å². The number of nitriles is 1. The van der Waals surface area contributed by atoms with E-state index in [0.29, 0.717) is 22.8 Å². The first-order valence-electron chi connectivity index (χ1n) is 6.07. The Morgan fingerprint density at radius 1 is 1.33 bits per heavy atom. The van der Waals surface area contributed by atoms with Crippen molar-refractivity contribution in [1.29, 1.82) is 5.26 Å². The van der Waals surface area contributed by atoms with Crippen LogP contribution < -0.4 is 15.8 Å². The van der Waals surface area contributed by atoms with Crippen LogP contribution in [0.5, 0.6) is 5.75 Å². The summed E-state index contributed by atoms with van der Waals surface area (Å²) in [7, 11) is 1.55. The molecule has 0 bridgehead atoms. The highest BCUT2D eigenvalue weighted by Crippen LogP contribution is 2.34. The maximum absolute atomic E-state index is 9.24. The molecule has 0 aliphatic rings. The molecule has 21 heavy (non-hydrogen) atoms. The topological polar surface area (TPSA) is 96.8 Å². The molecule has 0 saturated heterocycles. The van der Waals surface area contributed by atoms with Gasteiger partial charge >= 0.3 is 0 Å². The number of benzene rings is 1. The minimum Gasteiger partial charge on any atom is -0.495 e. The minimum absolute atomic E-state index is 0.181. The van der Waals surface area contributed by atoms with Gasteiger partial charge in [0.15, 0.2) is 0 Å². The Kier molecular flexibility index (Phi) is 3.30. The van der Waals surface area contributed by atoms with E-state index in [-0.39, 0.29) is 5.95 Å². The molecule has 0 saturated carbocycles. The van der Waals surface area contributed by atoms with E-state index in [0.717, 1.165) is 10.2 Å². The third kappa shape index (κ3) is 2.32. The molecule has 0 aliphatic carbocycles. The normalized spacial score (nSPS) is 10.3. The molecule has 104 valence electrons. The number of nitrogens with zero attached hydrogens (tertiary/aromatic N) is 3. The fraction of sp³-hybridized carbons (Fsp3) is 0.0714. The molecule has 2 aromatic heterocycles. The Balaban J connectivity index is 2.15. The van der Waals surface area contributed by atoms with Crippen molar-refractivity contribution in [3.05, 3.63) is 35.2 Å². The first-order chi connectivity index (χ1) is 10.2. The van der Waals surface area contributed by atoms with Crippen LogP contribution in [0.25, 0.3) is 10.2 Å². The molecule has 2 heterocycles. The SMILES string of the molecule is COc1cccc(C#N)c1Nc1nc(N)nc2sccc12.